The lowest BCUT2D eigenvalue weighted by molar-refractivity contribution is -0.112. The average molecular weight is 326 g/mol. The molecule has 0 fully saturated rings. The first-order valence-electron chi connectivity index (χ1n) is 7.16. The molecule has 0 bridgehead atoms. The van der Waals surface area contributed by atoms with E-state index in [-0.39, 0.29) is 6.54 Å². The van der Waals surface area contributed by atoms with Crippen LogP contribution in [0.2, 0.25) is 0 Å². The molecule has 4 unspecified atom stereocenters. The second kappa shape index (κ2) is 7.16. The zero-order valence-electron chi connectivity index (χ0n) is 12.7. The van der Waals surface area contributed by atoms with Gasteiger partial charge in [0, 0.05) is 24.7 Å². The van der Waals surface area contributed by atoms with Crippen LogP contribution in [0.4, 0.5) is 11.4 Å². The lowest BCUT2D eigenvalue weighted by atomic mass is 10.0. The molecule has 2 aromatic rings. The average Bonchev–Trinajstić information content (AvgIpc) is 3.03. The fourth-order valence-electron chi connectivity index (χ4n) is 2.45. The molecule has 0 aliphatic heterocycles. The van der Waals surface area contributed by atoms with Gasteiger partial charge in [-0.3, -0.25) is 0 Å². The van der Waals surface area contributed by atoms with Crippen LogP contribution in [0.3, 0.4) is 0 Å². The van der Waals surface area contributed by atoms with E-state index in [1.54, 1.807) is 30.1 Å². The third kappa shape index (κ3) is 3.57. The Hall–Kier alpha value is -1.84. The molecule has 23 heavy (non-hydrogen) atoms. The van der Waals surface area contributed by atoms with Crippen molar-refractivity contribution in [1.29, 1.82) is 0 Å². The predicted molar refractivity (Wildman–Crippen MR) is 85.0 cm³/mol. The molecule has 7 N–H and O–H groups in total. The van der Waals surface area contributed by atoms with Gasteiger partial charge in [-0.25, -0.2) is 0 Å². The Bertz CT molecular complexity index is 646. The zero-order chi connectivity index (χ0) is 17.1. The smallest absolute Gasteiger partial charge is 0.158 e. The van der Waals surface area contributed by atoms with E-state index in [4.69, 9.17) is 15.3 Å². The monoisotopic (exact) mass is 326 g/mol. The summed E-state index contributed by atoms with van der Waals surface area (Å²) >= 11 is 0. The highest BCUT2D eigenvalue weighted by atomic mass is 16.4. The summed E-state index contributed by atoms with van der Waals surface area (Å²) in [6, 6.07) is 5.17. The van der Waals surface area contributed by atoms with Gasteiger partial charge in [0.05, 0.1) is 24.7 Å². The van der Waals surface area contributed by atoms with Gasteiger partial charge < -0.3 is 40.6 Å². The van der Waals surface area contributed by atoms with Gasteiger partial charge in [0.1, 0.15) is 18.3 Å². The van der Waals surface area contributed by atoms with Crippen LogP contribution in [0.1, 0.15) is 0 Å². The molecule has 0 aliphatic rings. The molecule has 0 aliphatic carbocycles. The van der Waals surface area contributed by atoms with Crippen molar-refractivity contribution in [3.8, 4) is 0 Å². The number of fused-ring (bicyclic) bond motifs is 1. The summed E-state index contributed by atoms with van der Waals surface area (Å²) in [7, 11) is 1.70. The van der Waals surface area contributed by atoms with Crippen LogP contribution in [0, 0.1) is 0 Å². The number of hydrogen-bond acceptors (Lipinski definition) is 8. The van der Waals surface area contributed by atoms with Gasteiger partial charge in [0.2, 0.25) is 0 Å². The molecule has 1 heterocycles. The minimum atomic E-state index is -1.65. The number of furan rings is 1. The molecule has 1 aromatic heterocycles. The number of aliphatic hydroxyl groups excluding tert-OH is 5. The van der Waals surface area contributed by atoms with Gasteiger partial charge in [-0.1, -0.05) is 0 Å². The lowest BCUT2D eigenvalue weighted by Gasteiger charge is -2.29. The number of rotatable bonds is 7. The van der Waals surface area contributed by atoms with Crippen molar-refractivity contribution in [2.75, 3.05) is 30.8 Å². The van der Waals surface area contributed by atoms with Crippen LogP contribution in [-0.4, -0.2) is 70.1 Å². The second-order valence-electron chi connectivity index (χ2n) is 5.52. The molecule has 0 spiro atoms. The molecule has 128 valence electrons. The molecule has 1 aromatic carbocycles. The predicted octanol–water partition coefficient (Wildman–Crippen LogP) is -1.11. The van der Waals surface area contributed by atoms with Crippen LogP contribution < -0.4 is 10.6 Å². The van der Waals surface area contributed by atoms with Crippen LogP contribution in [0.15, 0.2) is 28.9 Å². The van der Waals surface area contributed by atoms with Gasteiger partial charge in [-0.2, -0.15) is 0 Å². The molecule has 2 rings (SSSR count). The first kappa shape index (κ1) is 17.5. The standard InChI is InChI=1S/C15H22N2O6/c1-17(6-11(19)13(21)14(22)12(20)7-18)10-3-2-9(16)15-8(10)4-5-23-15/h2-5,11-14,18-22H,6-7,16H2,1H3. The number of hydrogen-bond donors (Lipinski definition) is 6. The van der Waals surface area contributed by atoms with Crippen LogP contribution >= 0.6 is 0 Å². The first-order valence-corrected chi connectivity index (χ1v) is 7.16. The number of aliphatic hydroxyl groups is 5. The minimum absolute atomic E-state index is 0.0133. The topological polar surface area (TPSA) is 144 Å². The molecule has 0 saturated carbocycles. The Balaban J connectivity index is 2.13. The summed E-state index contributed by atoms with van der Waals surface area (Å²) in [5, 5.41) is 48.4. The van der Waals surface area contributed by atoms with Crippen LogP contribution in [-0.2, 0) is 0 Å². The molecule has 0 radical (unpaired) electrons. The van der Waals surface area contributed by atoms with E-state index in [2.05, 4.69) is 0 Å². The highest BCUT2D eigenvalue weighted by molar-refractivity contribution is 5.97. The van der Waals surface area contributed by atoms with Crippen molar-refractivity contribution in [2.24, 2.45) is 0 Å². The van der Waals surface area contributed by atoms with E-state index in [9.17, 15) is 20.4 Å². The van der Waals surface area contributed by atoms with Crippen molar-refractivity contribution in [2.45, 2.75) is 24.4 Å². The van der Waals surface area contributed by atoms with E-state index in [0.29, 0.717) is 11.3 Å². The first-order chi connectivity index (χ1) is 10.9. The maximum atomic E-state index is 10.0. The number of anilines is 2. The Kier molecular flexibility index (Phi) is 5.45. The van der Waals surface area contributed by atoms with Gasteiger partial charge >= 0.3 is 0 Å². The Morgan fingerprint density at radius 2 is 1.74 bits per heavy atom. The fourth-order valence-corrected chi connectivity index (χ4v) is 2.45. The molecular weight excluding hydrogens is 304 g/mol. The maximum Gasteiger partial charge on any atom is 0.158 e. The van der Waals surface area contributed by atoms with Crippen LogP contribution in [0.5, 0.6) is 0 Å². The Labute approximate surface area is 133 Å². The third-order valence-electron chi connectivity index (χ3n) is 3.82. The number of nitrogens with two attached hydrogens (primary N) is 1. The van der Waals surface area contributed by atoms with Crippen molar-refractivity contribution in [1.82, 2.24) is 0 Å². The molecule has 0 amide bonds. The maximum absolute atomic E-state index is 10.0. The number of likely N-dealkylation sites (N-methyl/N-ethyl adjacent to an activating group) is 1. The van der Waals surface area contributed by atoms with E-state index in [1.807, 2.05) is 0 Å². The lowest BCUT2D eigenvalue weighted by Crippen LogP contribution is -2.49. The summed E-state index contributed by atoms with van der Waals surface area (Å²) in [6.07, 6.45) is -4.61. The minimum Gasteiger partial charge on any atom is -0.462 e. The van der Waals surface area contributed by atoms with Crippen molar-refractivity contribution in [3.05, 3.63) is 24.5 Å². The summed E-state index contributed by atoms with van der Waals surface area (Å²) < 4.78 is 5.31. The van der Waals surface area contributed by atoms with Crippen LogP contribution in [0.25, 0.3) is 11.0 Å². The van der Waals surface area contributed by atoms with Crippen molar-refractivity contribution in [3.63, 3.8) is 0 Å². The summed E-state index contributed by atoms with van der Waals surface area (Å²) in [4.78, 5) is 1.67. The SMILES string of the molecule is CN(CC(O)C(O)C(O)C(O)CO)c1ccc(N)c2occc12. The number of benzene rings is 1. The zero-order valence-corrected chi connectivity index (χ0v) is 12.7. The summed E-state index contributed by atoms with van der Waals surface area (Å²) in [6.45, 7) is -0.727. The Morgan fingerprint density at radius 3 is 2.39 bits per heavy atom. The summed E-state index contributed by atoms with van der Waals surface area (Å²) in [5.41, 5.74) is 7.57. The summed E-state index contributed by atoms with van der Waals surface area (Å²) in [5.74, 6) is 0. The van der Waals surface area contributed by atoms with Crippen molar-refractivity contribution < 1.29 is 29.9 Å². The molecular formula is C15H22N2O6. The number of nitrogen functional groups attached to an aromatic ring is 1. The third-order valence-corrected chi connectivity index (χ3v) is 3.82. The molecule has 4 atom stereocenters. The van der Waals surface area contributed by atoms with E-state index in [1.165, 1.54) is 6.26 Å². The van der Waals surface area contributed by atoms with Gasteiger partial charge in [-0.05, 0) is 18.2 Å². The van der Waals surface area contributed by atoms with E-state index < -0.39 is 31.0 Å². The Morgan fingerprint density at radius 1 is 1.09 bits per heavy atom. The van der Waals surface area contributed by atoms with Gasteiger partial charge in [0.25, 0.3) is 0 Å². The van der Waals surface area contributed by atoms with Crippen molar-refractivity contribution >= 4 is 22.3 Å². The van der Waals surface area contributed by atoms with E-state index in [0.717, 1.165) is 11.1 Å². The van der Waals surface area contributed by atoms with E-state index >= 15 is 0 Å². The molecule has 8 nitrogen and oxygen atoms in total. The molecule has 0 saturated heterocycles. The van der Waals surface area contributed by atoms with Gasteiger partial charge in [-0.15, -0.1) is 0 Å². The highest BCUT2D eigenvalue weighted by Crippen LogP contribution is 2.31. The number of nitrogens with zero attached hydrogens (tertiary/aromatic N) is 1. The van der Waals surface area contributed by atoms with Gasteiger partial charge in [0.15, 0.2) is 5.58 Å². The normalized spacial score (nSPS) is 17.0. The molecule has 8 heteroatoms. The fraction of sp³-hybridized carbons (Fsp3) is 0.467. The second-order valence-corrected chi connectivity index (χ2v) is 5.52. The quantitative estimate of drug-likeness (QED) is 0.351. The largest absolute Gasteiger partial charge is 0.462 e. The highest BCUT2D eigenvalue weighted by Gasteiger charge is 2.30.